The lowest BCUT2D eigenvalue weighted by Gasteiger charge is -2.39. The lowest BCUT2D eigenvalue weighted by molar-refractivity contribution is -0.163. The van der Waals surface area contributed by atoms with Crippen molar-refractivity contribution in [3.63, 3.8) is 0 Å². The summed E-state index contributed by atoms with van der Waals surface area (Å²) < 4.78 is 22.6. The maximum Gasteiger partial charge on any atom is 0.341 e. The van der Waals surface area contributed by atoms with Crippen molar-refractivity contribution in [1.29, 1.82) is 0 Å². The van der Waals surface area contributed by atoms with Gasteiger partial charge in [0, 0.05) is 11.4 Å². The molecular formula is C37H45NO8S. The molecule has 1 unspecified atom stereocenters. The van der Waals surface area contributed by atoms with Gasteiger partial charge in [-0.25, -0.2) is 9.59 Å². The molecule has 1 aliphatic carbocycles. The van der Waals surface area contributed by atoms with Crippen molar-refractivity contribution in [3.8, 4) is 17.2 Å². The molecule has 3 atom stereocenters. The number of esters is 1. The van der Waals surface area contributed by atoms with Gasteiger partial charge in [0.1, 0.15) is 17.9 Å². The number of rotatable bonds is 14. The average Bonchev–Trinajstić information content (AvgIpc) is 3.64. The van der Waals surface area contributed by atoms with Gasteiger partial charge in [-0.2, -0.15) is 0 Å². The summed E-state index contributed by atoms with van der Waals surface area (Å²) in [6, 6.07) is 16.1. The van der Waals surface area contributed by atoms with E-state index in [1.54, 1.807) is 48.7 Å². The summed E-state index contributed by atoms with van der Waals surface area (Å²) in [6.07, 6.45) is 8.10. The Hall–Kier alpha value is -4.05. The first kappa shape index (κ1) is 34.3. The molecule has 0 radical (unpaired) electrons. The van der Waals surface area contributed by atoms with E-state index in [9.17, 15) is 14.4 Å². The lowest BCUT2D eigenvalue weighted by atomic mass is 9.78. The van der Waals surface area contributed by atoms with Gasteiger partial charge < -0.3 is 29.0 Å². The molecule has 1 amide bonds. The third-order valence-corrected chi connectivity index (χ3v) is 10.2. The number of hydrogen-bond donors (Lipinski definition) is 1. The highest BCUT2D eigenvalue weighted by Crippen LogP contribution is 2.40. The van der Waals surface area contributed by atoms with Crippen molar-refractivity contribution >= 4 is 29.2 Å². The molecule has 0 spiro atoms. The standard InChI is InChI=1S/C37H45NO8S/c1-43-31-19-17-25(22-32(31)44-2)16-18-30(27-12-8-13-28(23-27)45-24-34(39)40)46-37(42)29-14-6-7-20-38(29)36(41)35(33-15-9-21-47-33)26-10-4-3-5-11-26/h8-9,12-13,15,17,19,21-23,26,29-30,35H,3-7,10-11,14,16,18,20,24H2,1-2H3,(H,39,40)/t29-,30+,35?/m0/s1. The maximum atomic E-state index is 14.4. The molecule has 2 aromatic carbocycles. The minimum Gasteiger partial charge on any atom is -0.493 e. The van der Waals surface area contributed by atoms with Crippen LogP contribution < -0.4 is 14.2 Å². The number of piperidine rings is 1. The molecule has 9 nitrogen and oxygen atoms in total. The molecule has 3 aromatic rings. The van der Waals surface area contributed by atoms with E-state index in [0.29, 0.717) is 48.6 Å². The largest absolute Gasteiger partial charge is 0.493 e. The van der Waals surface area contributed by atoms with Gasteiger partial charge in [-0.05, 0) is 97.7 Å². The van der Waals surface area contributed by atoms with Crippen LogP contribution in [0.2, 0.25) is 0 Å². The molecular weight excluding hydrogens is 618 g/mol. The topological polar surface area (TPSA) is 112 Å². The maximum absolute atomic E-state index is 14.4. The smallest absolute Gasteiger partial charge is 0.341 e. The fourth-order valence-corrected chi connectivity index (χ4v) is 7.82. The van der Waals surface area contributed by atoms with Gasteiger partial charge in [-0.3, -0.25) is 4.79 Å². The average molecular weight is 664 g/mol. The molecule has 2 aliphatic rings. The summed E-state index contributed by atoms with van der Waals surface area (Å²) >= 11 is 1.62. The van der Waals surface area contributed by atoms with Gasteiger partial charge >= 0.3 is 11.9 Å². The van der Waals surface area contributed by atoms with Crippen LogP contribution in [0.4, 0.5) is 0 Å². The van der Waals surface area contributed by atoms with Crippen LogP contribution in [0.5, 0.6) is 17.2 Å². The third-order valence-electron chi connectivity index (χ3n) is 9.29. The number of hydrogen-bond acceptors (Lipinski definition) is 8. The molecule has 1 aromatic heterocycles. The summed E-state index contributed by atoms with van der Waals surface area (Å²) in [7, 11) is 3.17. The van der Waals surface area contributed by atoms with Gasteiger partial charge in [0.05, 0.1) is 20.1 Å². The number of carbonyl (C=O) groups excluding carboxylic acids is 2. The number of methoxy groups -OCH3 is 2. The van der Waals surface area contributed by atoms with Crippen LogP contribution in [0.1, 0.15) is 85.8 Å². The van der Waals surface area contributed by atoms with Crippen molar-refractivity contribution in [2.24, 2.45) is 5.92 Å². The quantitative estimate of drug-likeness (QED) is 0.181. The summed E-state index contributed by atoms with van der Waals surface area (Å²) in [6.45, 7) is 0.0487. The predicted octanol–water partition coefficient (Wildman–Crippen LogP) is 7.19. The van der Waals surface area contributed by atoms with Crippen molar-refractivity contribution < 1.29 is 38.4 Å². The van der Waals surface area contributed by atoms with E-state index in [0.717, 1.165) is 49.0 Å². The van der Waals surface area contributed by atoms with Gasteiger partial charge in [-0.15, -0.1) is 11.3 Å². The first-order valence-electron chi connectivity index (χ1n) is 16.6. The number of carboxylic acids is 1. The Labute approximate surface area is 280 Å². The summed E-state index contributed by atoms with van der Waals surface area (Å²) in [5.41, 5.74) is 1.66. The SMILES string of the molecule is COc1ccc(CC[C@@H](OC(=O)[C@@H]2CCCCN2C(=O)C(c2cccs2)C2CCCCC2)c2cccc(OCC(=O)O)c2)cc1OC. The molecule has 252 valence electrons. The van der Waals surface area contributed by atoms with Crippen LogP contribution in [-0.4, -0.2) is 61.3 Å². The highest BCUT2D eigenvalue weighted by molar-refractivity contribution is 7.10. The Morgan fingerprint density at radius 1 is 0.915 bits per heavy atom. The van der Waals surface area contributed by atoms with Gasteiger partial charge in [0.25, 0.3) is 0 Å². The number of aryl methyl sites for hydroxylation is 1. The van der Waals surface area contributed by atoms with Crippen LogP contribution in [-0.2, 0) is 25.5 Å². The van der Waals surface area contributed by atoms with Crippen molar-refractivity contribution in [3.05, 3.63) is 76.0 Å². The highest BCUT2D eigenvalue weighted by Gasteiger charge is 2.41. The number of amides is 1. The molecule has 1 saturated carbocycles. The zero-order chi connectivity index (χ0) is 33.2. The molecule has 1 N–H and O–H groups in total. The molecule has 5 rings (SSSR count). The number of aliphatic carboxylic acids is 1. The molecule has 47 heavy (non-hydrogen) atoms. The molecule has 1 aliphatic heterocycles. The zero-order valence-corrected chi connectivity index (χ0v) is 28.0. The van der Waals surface area contributed by atoms with E-state index in [1.807, 2.05) is 35.7 Å². The van der Waals surface area contributed by atoms with Gasteiger partial charge in [0.15, 0.2) is 18.1 Å². The Morgan fingerprint density at radius 3 is 2.43 bits per heavy atom. The monoisotopic (exact) mass is 663 g/mol. The molecule has 0 bridgehead atoms. The zero-order valence-electron chi connectivity index (χ0n) is 27.2. The number of nitrogens with zero attached hydrogens (tertiary/aromatic N) is 1. The van der Waals surface area contributed by atoms with E-state index in [4.69, 9.17) is 24.1 Å². The minimum atomic E-state index is -1.08. The van der Waals surface area contributed by atoms with Gasteiger partial charge in [0.2, 0.25) is 5.91 Å². The lowest BCUT2D eigenvalue weighted by Crippen LogP contribution is -2.51. The van der Waals surface area contributed by atoms with E-state index in [1.165, 1.54) is 6.42 Å². The summed E-state index contributed by atoms with van der Waals surface area (Å²) in [5, 5.41) is 11.1. The van der Waals surface area contributed by atoms with Crippen LogP contribution in [0.15, 0.2) is 60.0 Å². The van der Waals surface area contributed by atoms with E-state index in [-0.39, 0.29) is 17.7 Å². The van der Waals surface area contributed by atoms with Crippen LogP contribution in [0.25, 0.3) is 0 Å². The molecule has 2 fully saturated rings. The van der Waals surface area contributed by atoms with E-state index < -0.39 is 30.7 Å². The van der Waals surface area contributed by atoms with E-state index in [2.05, 4.69) is 6.07 Å². The fraction of sp³-hybridized carbons (Fsp3) is 0.486. The molecule has 1 saturated heterocycles. The second-order valence-electron chi connectivity index (χ2n) is 12.3. The normalized spacial score (nSPS) is 18.2. The Bertz CT molecular complexity index is 1490. The van der Waals surface area contributed by atoms with Crippen molar-refractivity contribution in [2.75, 3.05) is 27.4 Å². The Kier molecular flexibility index (Phi) is 12.2. The fourth-order valence-electron chi connectivity index (χ4n) is 6.91. The number of benzene rings is 2. The number of carboxylic acid groups (broad SMARTS) is 1. The first-order chi connectivity index (χ1) is 22.9. The Balaban J connectivity index is 1.38. The second-order valence-corrected chi connectivity index (χ2v) is 13.3. The molecule has 2 heterocycles. The number of likely N-dealkylation sites (tertiary alicyclic amines) is 1. The molecule has 10 heteroatoms. The van der Waals surface area contributed by atoms with Crippen LogP contribution >= 0.6 is 11.3 Å². The minimum absolute atomic E-state index is 0.0342. The first-order valence-corrected chi connectivity index (χ1v) is 17.5. The second kappa shape index (κ2) is 16.7. The van der Waals surface area contributed by atoms with Crippen LogP contribution in [0.3, 0.4) is 0 Å². The Morgan fingerprint density at radius 2 is 1.70 bits per heavy atom. The summed E-state index contributed by atoms with van der Waals surface area (Å²) in [5.74, 6) is 0.174. The summed E-state index contributed by atoms with van der Waals surface area (Å²) in [4.78, 5) is 42.5. The third kappa shape index (κ3) is 8.86. The van der Waals surface area contributed by atoms with Crippen molar-refractivity contribution in [2.45, 2.75) is 82.3 Å². The van der Waals surface area contributed by atoms with Crippen molar-refractivity contribution in [1.82, 2.24) is 4.90 Å². The van der Waals surface area contributed by atoms with Gasteiger partial charge in [-0.1, -0.05) is 43.5 Å². The van der Waals surface area contributed by atoms with Crippen LogP contribution in [0, 0.1) is 5.92 Å². The van der Waals surface area contributed by atoms with E-state index >= 15 is 0 Å². The number of ether oxygens (including phenoxy) is 4. The predicted molar refractivity (Wildman–Crippen MR) is 179 cm³/mol. The number of carbonyl (C=O) groups is 3. The highest BCUT2D eigenvalue weighted by atomic mass is 32.1. The number of thiophene rings is 1.